The van der Waals surface area contributed by atoms with E-state index < -0.39 is 11.1 Å². The Morgan fingerprint density at radius 3 is 2.60 bits per heavy atom. The first-order valence-corrected chi connectivity index (χ1v) is 12.6. The highest BCUT2D eigenvalue weighted by Crippen LogP contribution is 2.36. The quantitative estimate of drug-likeness (QED) is 0.229. The van der Waals surface area contributed by atoms with E-state index in [0.29, 0.717) is 12.8 Å². The SMILES string of the molecule is CC(=N)/C(CNc1nccn(C2(C(=O)NCC(=O)CSCc3ccccc3)CCCC2)c1=O)=N\[OH2+]. The average Bonchev–Trinajstić information content (AvgIpc) is 3.35. The fraction of sp³-hybridized carbons (Fsp3) is 0.417. The summed E-state index contributed by atoms with van der Waals surface area (Å²) in [4.78, 5) is 42.9. The summed E-state index contributed by atoms with van der Waals surface area (Å²) in [7, 11) is 0. The van der Waals surface area contributed by atoms with Crippen LogP contribution in [0.1, 0.15) is 38.2 Å². The Kier molecular flexibility index (Phi) is 9.18. The van der Waals surface area contributed by atoms with Gasteiger partial charge >= 0.3 is 0 Å². The molecule has 1 aliphatic rings. The standard InChI is InChI=1S/C24H30N6O4S/c1-17(25)20(29-34)14-27-21-22(32)30(12-11-26-21)24(9-5-6-10-24)23(33)28-13-19(31)16-35-15-18-7-3-2-4-8-18/h2-4,7-8,11-12,25,34H,5-6,9-10,13-16H2,1H3,(H,26,27)(H,28,33)/p+1/b25-17?,29-20-. The molecule has 186 valence electrons. The number of hydrogen-bond acceptors (Lipinski definition) is 8. The van der Waals surface area contributed by atoms with Crippen molar-refractivity contribution in [2.75, 3.05) is 24.2 Å². The third-order valence-corrected chi connectivity index (χ3v) is 7.03. The molecule has 3 rings (SSSR count). The molecule has 1 aliphatic carbocycles. The number of rotatable bonds is 12. The van der Waals surface area contributed by atoms with Crippen LogP contribution in [-0.2, 0) is 20.9 Å². The zero-order valence-corrected chi connectivity index (χ0v) is 20.5. The molecule has 10 nitrogen and oxygen atoms in total. The van der Waals surface area contributed by atoms with Crippen LogP contribution in [0.2, 0.25) is 0 Å². The summed E-state index contributed by atoms with van der Waals surface area (Å²) in [5.74, 6) is 0.594. The van der Waals surface area contributed by atoms with Gasteiger partial charge in [-0.2, -0.15) is 0 Å². The van der Waals surface area contributed by atoms with Crippen molar-refractivity contribution in [3.63, 3.8) is 0 Å². The van der Waals surface area contributed by atoms with E-state index >= 15 is 0 Å². The zero-order chi connectivity index (χ0) is 25.3. The minimum atomic E-state index is -1.09. The summed E-state index contributed by atoms with van der Waals surface area (Å²) < 4.78 is 1.40. The van der Waals surface area contributed by atoms with Crippen molar-refractivity contribution in [3.8, 4) is 0 Å². The van der Waals surface area contributed by atoms with Crippen molar-refractivity contribution >= 4 is 40.7 Å². The van der Waals surface area contributed by atoms with Crippen LogP contribution in [0.15, 0.2) is 52.7 Å². The molecule has 1 fully saturated rings. The van der Waals surface area contributed by atoms with Crippen molar-refractivity contribution < 1.29 is 14.8 Å². The molecule has 35 heavy (non-hydrogen) atoms. The predicted molar refractivity (Wildman–Crippen MR) is 138 cm³/mol. The number of carbonyl (C=O) groups is 2. The molecule has 0 atom stereocenters. The number of anilines is 1. The molecule has 5 N–H and O–H groups in total. The number of nitrogens with zero attached hydrogens (tertiary/aromatic N) is 3. The van der Waals surface area contributed by atoms with Gasteiger partial charge in [-0.3, -0.25) is 19.0 Å². The molecular weight excluding hydrogens is 468 g/mol. The first kappa shape index (κ1) is 26.1. The molecule has 1 amide bonds. The van der Waals surface area contributed by atoms with Gasteiger partial charge in [-0.05, 0) is 25.3 Å². The minimum Gasteiger partial charge on any atom is -0.469 e. The second-order valence-electron chi connectivity index (χ2n) is 8.43. The third-order valence-electron chi connectivity index (χ3n) is 5.97. The topological polar surface area (TPSA) is 152 Å². The molecule has 1 aromatic carbocycles. The van der Waals surface area contributed by atoms with Gasteiger partial charge in [-0.15, -0.1) is 11.8 Å². The molecule has 1 heterocycles. The van der Waals surface area contributed by atoms with Gasteiger partial charge in [0.1, 0.15) is 5.54 Å². The monoisotopic (exact) mass is 499 g/mol. The summed E-state index contributed by atoms with van der Waals surface area (Å²) in [5, 5.41) is 23.7. The fourth-order valence-corrected chi connectivity index (χ4v) is 4.94. The summed E-state index contributed by atoms with van der Waals surface area (Å²) >= 11 is 1.50. The summed E-state index contributed by atoms with van der Waals surface area (Å²) in [6, 6.07) is 9.87. The fourth-order valence-electron chi connectivity index (χ4n) is 4.08. The molecule has 0 saturated heterocycles. The number of aromatic nitrogens is 2. The summed E-state index contributed by atoms with van der Waals surface area (Å²) in [6.07, 6.45) is 5.48. The van der Waals surface area contributed by atoms with E-state index in [0.717, 1.165) is 24.2 Å². The van der Waals surface area contributed by atoms with E-state index in [1.165, 1.54) is 35.6 Å². The lowest BCUT2D eigenvalue weighted by molar-refractivity contribution is -0.131. The van der Waals surface area contributed by atoms with Crippen LogP contribution < -0.4 is 16.2 Å². The molecule has 0 radical (unpaired) electrons. The highest BCUT2D eigenvalue weighted by atomic mass is 32.2. The number of nitrogens with one attached hydrogen (secondary N) is 3. The van der Waals surface area contributed by atoms with E-state index in [-0.39, 0.29) is 47.8 Å². The molecule has 0 spiro atoms. The van der Waals surface area contributed by atoms with Crippen LogP contribution >= 0.6 is 11.8 Å². The highest BCUT2D eigenvalue weighted by Gasteiger charge is 2.44. The number of thioether (sulfide) groups is 1. The molecule has 0 unspecified atom stereocenters. The predicted octanol–water partition coefficient (Wildman–Crippen LogP) is 1.66. The normalized spacial score (nSPS) is 14.9. The van der Waals surface area contributed by atoms with Crippen LogP contribution in [0.25, 0.3) is 0 Å². The first-order valence-electron chi connectivity index (χ1n) is 11.4. The minimum absolute atomic E-state index is 0.000563. The van der Waals surface area contributed by atoms with Crippen molar-refractivity contribution in [1.29, 1.82) is 5.41 Å². The largest absolute Gasteiger partial charge is 0.469 e. The average molecular weight is 500 g/mol. The van der Waals surface area contributed by atoms with Gasteiger partial charge in [0.05, 0.1) is 29.7 Å². The Bertz CT molecular complexity index is 1140. The number of carbonyl (C=O) groups excluding carboxylic acids is 2. The number of hydrogen-bond donors (Lipinski definition) is 3. The third kappa shape index (κ3) is 6.56. The Morgan fingerprint density at radius 2 is 1.94 bits per heavy atom. The maximum absolute atomic E-state index is 13.3. The van der Waals surface area contributed by atoms with E-state index in [2.05, 4.69) is 20.8 Å². The number of Topliss-reactive ketones (excluding diaryl/α,β-unsaturated/α-hetero) is 1. The molecule has 1 aromatic heterocycles. The molecular formula is C24H31N6O4S+. The molecule has 11 heteroatoms. The number of amides is 1. The maximum atomic E-state index is 13.3. The molecule has 2 aromatic rings. The first-order chi connectivity index (χ1) is 16.9. The van der Waals surface area contributed by atoms with Gasteiger partial charge in [-0.1, -0.05) is 43.2 Å². The van der Waals surface area contributed by atoms with Crippen molar-refractivity contribution in [1.82, 2.24) is 14.9 Å². The molecule has 0 bridgehead atoms. The van der Waals surface area contributed by atoms with Crippen LogP contribution in [0.3, 0.4) is 0 Å². The second-order valence-corrected chi connectivity index (χ2v) is 9.41. The summed E-state index contributed by atoms with van der Waals surface area (Å²) in [5.41, 5.74) is -0.128. The smallest absolute Gasteiger partial charge is 0.294 e. The van der Waals surface area contributed by atoms with E-state index in [1.54, 1.807) is 0 Å². The zero-order valence-electron chi connectivity index (χ0n) is 19.7. The lowest BCUT2D eigenvalue weighted by Gasteiger charge is -2.30. The van der Waals surface area contributed by atoms with Crippen LogP contribution in [0.5, 0.6) is 0 Å². The maximum Gasteiger partial charge on any atom is 0.294 e. The van der Waals surface area contributed by atoms with Crippen LogP contribution in [-0.4, -0.2) is 56.7 Å². The van der Waals surface area contributed by atoms with Crippen molar-refractivity contribution in [3.05, 3.63) is 58.6 Å². The van der Waals surface area contributed by atoms with E-state index in [1.807, 2.05) is 30.3 Å². The van der Waals surface area contributed by atoms with Gasteiger partial charge in [0.25, 0.3) is 5.56 Å². The number of benzene rings is 1. The van der Waals surface area contributed by atoms with E-state index in [4.69, 9.17) is 10.6 Å². The lowest BCUT2D eigenvalue weighted by atomic mass is 9.95. The lowest BCUT2D eigenvalue weighted by Crippen LogP contribution is -2.52. The molecule has 1 saturated carbocycles. The van der Waals surface area contributed by atoms with Crippen LogP contribution in [0.4, 0.5) is 5.82 Å². The van der Waals surface area contributed by atoms with Gasteiger partial charge in [0.15, 0.2) is 17.3 Å². The summed E-state index contributed by atoms with van der Waals surface area (Å²) in [6.45, 7) is 1.42. The molecule has 0 aliphatic heterocycles. The Balaban J connectivity index is 1.65. The van der Waals surface area contributed by atoms with Crippen molar-refractivity contribution in [2.45, 2.75) is 43.9 Å². The van der Waals surface area contributed by atoms with Gasteiger partial charge in [0.2, 0.25) is 5.91 Å². The Morgan fingerprint density at radius 1 is 1.23 bits per heavy atom. The Labute approximate surface area is 207 Å². The number of ketones is 1. The second kappa shape index (κ2) is 12.3. The van der Waals surface area contributed by atoms with Crippen molar-refractivity contribution in [2.24, 2.45) is 5.16 Å². The van der Waals surface area contributed by atoms with Gasteiger partial charge in [-0.25, -0.2) is 4.98 Å². The highest BCUT2D eigenvalue weighted by molar-refractivity contribution is 7.99. The van der Waals surface area contributed by atoms with Gasteiger partial charge < -0.3 is 21.3 Å². The van der Waals surface area contributed by atoms with Crippen LogP contribution in [0, 0.1) is 5.41 Å². The van der Waals surface area contributed by atoms with Gasteiger partial charge in [0, 0.05) is 18.1 Å². The van der Waals surface area contributed by atoms with E-state index in [9.17, 15) is 14.4 Å². The Hall–Kier alpha value is -3.47.